The van der Waals surface area contributed by atoms with E-state index in [2.05, 4.69) is 4.89 Å². The number of hydrogen-bond donors (Lipinski definition) is 2. The minimum Gasteiger partial charge on any atom is -0.481 e. The first-order valence-corrected chi connectivity index (χ1v) is 8.74. The number of carbonyl (C=O) groups is 3. The van der Waals surface area contributed by atoms with Crippen LogP contribution in [-0.4, -0.2) is 34.0 Å². The first-order valence-electron chi connectivity index (χ1n) is 8.74. The van der Waals surface area contributed by atoms with Gasteiger partial charge in [0.2, 0.25) is 0 Å². The topological polar surface area (TPSA) is 101 Å². The van der Waals surface area contributed by atoms with Crippen LogP contribution in [0.3, 0.4) is 0 Å². The number of hydrogen-bond acceptors (Lipinski definition) is 5. The monoisotopic (exact) mass is 342 g/mol. The van der Waals surface area contributed by atoms with Crippen LogP contribution in [-0.2, 0) is 19.3 Å². The number of carboxylic acids is 1. The minimum atomic E-state index is -0.786. The summed E-state index contributed by atoms with van der Waals surface area (Å²) in [6, 6.07) is 0. The smallest absolute Gasteiger partial charge is 0.303 e. The van der Waals surface area contributed by atoms with E-state index in [9.17, 15) is 14.4 Å². The number of rotatable bonds is 16. The second-order valence-corrected chi connectivity index (χ2v) is 5.89. The maximum atomic E-state index is 11.8. The molecular weight excluding hydrogens is 312 g/mol. The fraction of sp³-hybridized carbons (Fsp3) is 0.722. The van der Waals surface area contributed by atoms with Crippen LogP contribution < -0.4 is 0 Å². The van der Waals surface area contributed by atoms with E-state index in [1.807, 2.05) is 19.1 Å². The van der Waals surface area contributed by atoms with E-state index in [4.69, 9.17) is 10.4 Å². The summed E-state index contributed by atoms with van der Waals surface area (Å²) >= 11 is 0. The van der Waals surface area contributed by atoms with Crippen LogP contribution in [0.1, 0.15) is 77.6 Å². The molecule has 0 aromatic rings. The third-order valence-corrected chi connectivity index (χ3v) is 3.75. The number of ketones is 2. The Hall–Kier alpha value is -1.53. The number of allylic oxidation sites excluding steroid dienone is 1. The summed E-state index contributed by atoms with van der Waals surface area (Å²) < 4.78 is 0. The van der Waals surface area contributed by atoms with E-state index in [0.29, 0.717) is 25.7 Å². The standard InChI is InChI=1S/C18H30O6/c1-2-3-7-10-15(24-23)13-14-17(20)16(19)11-8-5-4-6-9-12-18(21)22/h3,7,15,23H,2,4-6,8-14H2,1H3,(H,21,22). The van der Waals surface area contributed by atoms with Gasteiger partial charge in [-0.3, -0.25) is 19.6 Å². The second-order valence-electron chi connectivity index (χ2n) is 5.89. The molecule has 0 aliphatic carbocycles. The van der Waals surface area contributed by atoms with Gasteiger partial charge in [0.1, 0.15) is 0 Å². The van der Waals surface area contributed by atoms with E-state index in [-0.39, 0.29) is 25.0 Å². The molecule has 0 saturated carbocycles. The van der Waals surface area contributed by atoms with Gasteiger partial charge in [0.15, 0.2) is 11.6 Å². The molecule has 0 aliphatic heterocycles. The van der Waals surface area contributed by atoms with E-state index >= 15 is 0 Å². The molecule has 0 aromatic heterocycles. The molecule has 0 bridgehead atoms. The summed E-state index contributed by atoms with van der Waals surface area (Å²) in [4.78, 5) is 38.2. The highest BCUT2D eigenvalue weighted by molar-refractivity contribution is 6.37. The summed E-state index contributed by atoms with van der Waals surface area (Å²) in [5.41, 5.74) is 0. The minimum absolute atomic E-state index is 0.0859. The molecule has 1 unspecified atom stereocenters. The summed E-state index contributed by atoms with van der Waals surface area (Å²) in [5.74, 6) is -1.57. The van der Waals surface area contributed by atoms with Crippen molar-refractivity contribution in [2.24, 2.45) is 0 Å². The number of Topliss-reactive ketones (excluding diaryl/α,β-unsaturated/α-hetero) is 2. The lowest BCUT2D eigenvalue weighted by atomic mass is 10.0. The number of unbranched alkanes of at least 4 members (excludes halogenated alkanes) is 4. The fourth-order valence-electron chi connectivity index (χ4n) is 2.29. The zero-order valence-electron chi connectivity index (χ0n) is 14.5. The lowest BCUT2D eigenvalue weighted by Gasteiger charge is -2.10. The first-order chi connectivity index (χ1) is 11.5. The molecule has 6 nitrogen and oxygen atoms in total. The molecule has 2 N–H and O–H groups in total. The van der Waals surface area contributed by atoms with Crippen molar-refractivity contribution in [3.63, 3.8) is 0 Å². The Labute approximate surface area is 143 Å². The Balaban J connectivity index is 3.77. The lowest BCUT2D eigenvalue weighted by Crippen LogP contribution is -2.18. The quantitative estimate of drug-likeness (QED) is 0.145. The first kappa shape index (κ1) is 22.5. The van der Waals surface area contributed by atoms with Crippen LogP contribution in [0.2, 0.25) is 0 Å². The van der Waals surface area contributed by atoms with Crippen molar-refractivity contribution in [3.05, 3.63) is 12.2 Å². The van der Waals surface area contributed by atoms with Crippen molar-refractivity contribution >= 4 is 17.5 Å². The highest BCUT2D eigenvalue weighted by Gasteiger charge is 2.16. The van der Waals surface area contributed by atoms with Crippen LogP contribution >= 0.6 is 0 Å². The van der Waals surface area contributed by atoms with Gasteiger partial charge in [-0.15, -0.1) is 0 Å². The molecular formula is C18H30O6. The van der Waals surface area contributed by atoms with Gasteiger partial charge in [-0.2, -0.15) is 0 Å². The molecule has 0 heterocycles. The lowest BCUT2D eigenvalue weighted by molar-refractivity contribution is -0.278. The largest absolute Gasteiger partial charge is 0.481 e. The van der Waals surface area contributed by atoms with Crippen LogP contribution in [0, 0.1) is 0 Å². The van der Waals surface area contributed by atoms with Crippen LogP contribution in [0.25, 0.3) is 0 Å². The van der Waals surface area contributed by atoms with Crippen LogP contribution in [0.4, 0.5) is 0 Å². The van der Waals surface area contributed by atoms with Gasteiger partial charge in [-0.05, 0) is 32.1 Å². The normalized spacial score (nSPS) is 12.4. The Bertz CT molecular complexity index is 402. The summed E-state index contributed by atoms with van der Waals surface area (Å²) in [5, 5.41) is 17.3. The number of aliphatic carboxylic acids is 1. The van der Waals surface area contributed by atoms with E-state index in [1.165, 1.54) is 0 Å². The van der Waals surface area contributed by atoms with E-state index < -0.39 is 17.9 Å². The molecule has 0 aromatic carbocycles. The van der Waals surface area contributed by atoms with Crippen molar-refractivity contribution in [2.75, 3.05) is 0 Å². The Morgan fingerprint density at radius 1 is 0.917 bits per heavy atom. The van der Waals surface area contributed by atoms with Gasteiger partial charge in [0, 0.05) is 19.3 Å². The molecule has 0 saturated heterocycles. The van der Waals surface area contributed by atoms with Crippen molar-refractivity contribution in [2.45, 2.75) is 83.7 Å². The summed E-state index contributed by atoms with van der Waals surface area (Å²) in [6.07, 6.45) is 9.44. The third-order valence-electron chi connectivity index (χ3n) is 3.75. The molecule has 0 aliphatic rings. The van der Waals surface area contributed by atoms with Crippen LogP contribution in [0.5, 0.6) is 0 Å². The molecule has 0 radical (unpaired) electrons. The van der Waals surface area contributed by atoms with Crippen molar-refractivity contribution in [1.29, 1.82) is 0 Å². The SMILES string of the molecule is CCC=CCC(CCC(=O)C(=O)CCCCCCCC(=O)O)OO. The molecule has 0 amide bonds. The van der Waals surface area contributed by atoms with Gasteiger partial charge in [0.05, 0.1) is 6.10 Å². The fourth-order valence-corrected chi connectivity index (χ4v) is 2.29. The summed E-state index contributed by atoms with van der Waals surface area (Å²) in [7, 11) is 0. The summed E-state index contributed by atoms with van der Waals surface area (Å²) in [6.45, 7) is 2.00. The molecule has 6 heteroatoms. The molecule has 0 rings (SSSR count). The highest BCUT2D eigenvalue weighted by atomic mass is 17.1. The predicted octanol–water partition coefficient (Wildman–Crippen LogP) is 3.93. The molecule has 24 heavy (non-hydrogen) atoms. The van der Waals surface area contributed by atoms with E-state index in [1.54, 1.807) is 0 Å². The van der Waals surface area contributed by atoms with Gasteiger partial charge in [0.25, 0.3) is 0 Å². The van der Waals surface area contributed by atoms with Gasteiger partial charge in [-0.25, -0.2) is 4.89 Å². The Morgan fingerprint density at radius 2 is 1.50 bits per heavy atom. The zero-order valence-corrected chi connectivity index (χ0v) is 14.5. The molecule has 0 fully saturated rings. The number of carbonyl (C=O) groups excluding carboxylic acids is 2. The maximum absolute atomic E-state index is 11.8. The Morgan fingerprint density at radius 3 is 2.08 bits per heavy atom. The Kier molecular flexibility index (Phi) is 14.1. The number of carboxylic acid groups (broad SMARTS) is 1. The maximum Gasteiger partial charge on any atom is 0.303 e. The third kappa shape index (κ3) is 13.0. The van der Waals surface area contributed by atoms with Gasteiger partial charge < -0.3 is 5.11 Å². The molecule has 138 valence electrons. The van der Waals surface area contributed by atoms with Crippen molar-refractivity contribution in [1.82, 2.24) is 0 Å². The zero-order chi connectivity index (χ0) is 18.2. The van der Waals surface area contributed by atoms with Gasteiger partial charge in [-0.1, -0.05) is 38.3 Å². The average molecular weight is 342 g/mol. The highest BCUT2D eigenvalue weighted by Crippen LogP contribution is 2.11. The van der Waals surface area contributed by atoms with Crippen molar-refractivity contribution < 1.29 is 29.6 Å². The predicted molar refractivity (Wildman–Crippen MR) is 90.8 cm³/mol. The van der Waals surface area contributed by atoms with Crippen LogP contribution in [0.15, 0.2) is 12.2 Å². The molecule has 0 spiro atoms. The van der Waals surface area contributed by atoms with Gasteiger partial charge >= 0.3 is 5.97 Å². The molecule has 1 atom stereocenters. The second kappa shape index (κ2) is 15.0. The van der Waals surface area contributed by atoms with E-state index in [0.717, 1.165) is 25.7 Å². The van der Waals surface area contributed by atoms with Crippen molar-refractivity contribution in [3.8, 4) is 0 Å². The average Bonchev–Trinajstić information content (AvgIpc) is 2.56.